The van der Waals surface area contributed by atoms with E-state index in [1.807, 2.05) is 0 Å². The standard InChI is InChI=1S/C15H16ClFO2/c16-8-2-1-3-12-4-5-13(17)11-15(12)19-14-6-9-18-10-7-14/h4-5,11,14H,2,6-10H2. The highest BCUT2D eigenvalue weighted by atomic mass is 35.5. The van der Waals surface area contributed by atoms with Crippen LogP contribution >= 0.6 is 11.6 Å². The van der Waals surface area contributed by atoms with Crippen molar-refractivity contribution < 1.29 is 13.9 Å². The second-order valence-corrected chi connectivity index (χ2v) is 4.69. The molecule has 0 aromatic heterocycles. The van der Waals surface area contributed by atoms with Crippen LogP contribution in [0.2, 0.25) is 0 Å². The lowest BCUT2D eigenvalue weighted by Gasteiger charge is -2.23. The van der Waals surface area contributed by atoms with Gasteiger partial charge in [-0.25, -0.2) is 4.39 Å². The Balaban J connectivity index is 2.12. The summed E-state index contributed by atoms with van der Waals surface area (Å²) in [5, 5.41) is 0. The van der Waals surface area contributed by atoms with Gasteiger partial charge in [0.1, 0.15) is 17.7 Å². The van der Waals surface area contributed by atoms with E-state index < -0.39 is 0 Å². The number of benzene rings is 1. The van der Waals surface area contributed by atoms with Gasteiger partial charge in [0, 0.05) is 31.2 Å². The SMILES string of the molecule is Fc1ccc(C#CCCCl)c(OC2CCOCC2)c1. The monoisotopic (exact) mass is 282 g/mol. The Hall–Kier alpha value is -1.24. The van der Waals surface area contributed by atoms with E-state index in [0.717, 1.165) is 12.8 Å². The molecule has 0 radical (unpaired) electrons. The predicted molar refractivity (Wildman–Crippen MR) is 73.1 cm³/mol. The lowest BCUT2D eigenvalue weighted by Crippen LogP contribution is -2.26. The summed E-state index contributed by atoms with van der Waals surface area (Å²) in [5.41, 5.74) is 0.706. The number of hydrogen-bond donors (Lipinski definition) is 0. The highest BCUT2D eigenvalue weighted by Crippen LogP contribution is 2.23. The van der Waals surface area contributed by atoms with Crippen molar-refractivity contribution in [1.29, 1.82) is 0 Å². The fourth-order valence-corrected chi connectivity index (χ4v) is 1.97. The van der Waals surface area contributed by atoms with Crippen LogP contribution in [0.1, 0.15) is 24.8 Å². The molecule has 102 valence electrons. The molecule has 0 spiro atoms. The zero-order chi connectivity index (χ0) is 13.5. The quantitative estimate of drug-likeness (QED) is 0.625. The summed E-state index contributed by atoms with van der Waals surface area (Å²) in [5.74, 6) is 6.60. The molecule has 1 aliphatic rings. The van der Waals surface area contributed by atoms with E-state index in [-0.39, 0.29) is 11.9 Å². The molecule has 1 aromatic rings. The summed E-state index contributed by atoms with van der Waals surface area (Å²) < 4.78 is 24.4. The summed E-state index contributed by atoms with van der Waals surface area (Å²) >= 11 is 5.58. The molecule has 0 bridgehead atoms. The van der Waals surface area contributed by atoms with Crippen LogP contribution in [0.15, 0.2) is 18.2 Å². The number of rotatable bonds is 3. The van der Waals surface area contributed by atoms with Crippen LogP contribution in [0.3, 0.4) is 0 Å². The van der Waals surface area contributed by atoms with Crippen molar-refractivity contribution in [2.75, 3.05) is 19.1 Å². The summed E-state index contributed by atoms with van der Waals surface area (Å²) in [6, 6.07) is 4.42. The van der Waals surface area contributed by atoms with E-state index >= 15 is 0 Å². The van der Waals surface area contributed by atoms with Gasteiger partial charge in [-0.1, -0.05) is 11.8 Å². The maximum Gasteiger partial charge on any atom is 0.138 e. The Labute approximate surface area is 117 Å². The second-order valence-electron chi connectivity index (χ2n) is 4.31. The molecule has 1 aliphatic heterocycles. The smallest absolute Gasteiger partial charge is 0.138 e. The Bertz CT molecular complexity index is 473. The maximum absolute atomic E-state index is 13.3. The minimum atomic E-state index is -0.315. The fraction of sp³-hybridized carbons (Fsp3) is 0.467. The topological polar surface area (TPSA) is 18.5 Å². The first-order valence-corrected chi connectivity index (χ1v) is 6.92. The van der Waals surface area contributed by atoms with Crippen LogP contribution in [0, 0.1) is 17.7 Å². The average Bonchev–Trinajstić information content (AvgIpc) is 2.43. The van der Waals surface area contributed by atoms with Crippen molar-refractivity contribution >= 4 is 11.6 Å². The molecule has 0 saturated carbocycles. The third-order valence-corrected chi connectivity index (χ3v) is 3.04. The normalized spacial score (nSPS) is 15.7. The molecule has 1 saturated heterocycles. The fourth-order valence-electron chi connectivity index (χ4n) is 1.88. The van der Waals surface area contributed by atoms with Gasteiger partial charge in [-0.15, -0.1) is 11.6 Å². The van der Waals surface area contributed by atoms with Gasteiger partial charge in [0.2, 0.25) is 0 Å². The van der Waals surface area contributed by atoms with Gasteiger partial charge in [-0.05, 0) is 12.1 Å². The van der Waals surface area contributed by atoms with Crippen LogP contribution < -0.4 is 4.74 Å². The van der Waals surface area contributed by atoms with E-state index in [1.54, 1.807) is 6.07 Å². The van der Waals surface area contributed by atoms with Gasteiger partial charge >= 0.3 is 0 Å². The molecule has 0 aliphatic carbocycles. The van der Waals surface area contributed by atoms with E-state index in [2.05, 4.69) is 11.8 Å². The minimum Gasteiger partial charge on any atom is -0.489 e. The third-order valence-electron chi connectivity index (χ3n) is 2.85. The largest absolute Gasteiger partial charge is 0.489 e. The molecule has 19 heavy (non-hydrogen) atoms. The molecular weight excluding hydrogens is 267 g/mol. The highest BCUT2D eigenvalue weighted by Gasteiger charge is 2.16. The lowest BCUT2D eigenvalue weighted by atomic mass is 10.1. The molecule has 0 unspecified atom stereocenters. The lowest BCUT2D eigenvalue weighted by molar-refractivity contribution is 0.0253. The zero-order valence-electron chi connectivity index (χ0n) is 10.6. The van der Waals surface area contributed by atoms with Gasteiger partial charge < -0.3 is 9.47 Å². The zero-order valence-corrected chi connectivity index (χ0v) is 11.4. The first-order chi connectivity index (χ1) is 9.29. The Morgan fingerprint density at radius 2 is 2.16 bits per heavy atom. The van der Waals surface area contributed by atoms with Crippen LogP contribution in [0.25, 0.3) is 0 Å². The Morgan fingerprint density at radius 3 is 2.89 bits per heavy atom. The van der Waals surface area contributed by atoms with Gasteiger partial charge in [0.15, 0.2) is 0 Å². The number of halogens is 2. The molecule has 0 atom stereocenters. The number of ether oxygens (including phenoxy) is 2. The average molecular weight is 283 g/mol. The first kappa shape index (κ1) is 14.2. The van der Waals surface area contributed by atoms with E-state index in [1.165, 1.54) is 12.1 Å². The van der Waals surface area contributed by atoms with Crippen LogP contribution in [-0.2, 0) is 4.74 Å². The molecule has 4 heteroatoms. The molecule has 0 amide bonds. The van der Waals surface area contributed by atoms with Crippen LogP contribution in [-0.4, -0.2) is 25.2 Å². The second kappa shape index (κ2) is 7.37. The minimum absolute atomic E-state index is 0.0733. The predicted octanol–water partition coefficient (Wildman–Crippen LogP) is 3.36. The van der Waals surface area contributed by atoms with E-state index in [0.29, 0.717) is 36.8 Å². The Morgan fingerprint density at radius 1 is 1.37 bits per heavy atom. The van der Waals surface area contributed by atoms with Crippen LogP contribution in [0.5, 0.6) is 5.75 Å². The van der Waals surface area contributed by atoms with Crippen molar-refractivity contribution in [1.82, 2.24) is 0 Å². The molecule has 1 aromatic carbocycles. The number of hydrogen-bond acceptors (Lipinski definition) is 2. The summed E-state index contributed by atoms with van der Waals surface area (Å²) in [6.07, 6.45) is 2.33. The van der Waals surface area contributed by atoms with Gasteiger partial charge in [-0.3, -0.25) is 0 Å². The maximum atomic E-state index is 13.3. The molecule has 1 fully saturated rings. The van der Waals surface area contributed by atoms with Gasteiger partial charge in [-0.2, -0.15) is 0 Å². The highest BCUT2D eigenvalue weighted by molar-refractivity contribution is 6.18. The van der Waals surface area contributed by atoms with Crippen molar-refractivity contribution in [2.45, 2.75) is 25.4 Å². The summed E-state index contributed by atoms with van der Waals surface area (Å²) in [7, 11) is 0. The first-order valence-electron chi connectivity index (χ1n) is 6.38. The molecule has 2 nitrogen and oxygen atoms in total. The Kier molecular flexibility index (Phi) is 5.50. The molecule has 2 rings (SSSR count). The number of alkyl halides is 1. The van der Waals surface area contributed by atoms with Crippen molar-refractivity contribution in [3.05, 3.63) is 29.6 Å². The summed E-state index contributed by atoms with van der Waals surface area (Å²) in [6.45, 7) is 1.38. The van der Waals surface area contributed by atoms with Gasteiger partial charge in [0.25, 0.3) is 0 Å². The van der Waals surface area contributed by atoms with Crippen LogP contribution in [0.4, 0.5) is 4.39 Å². The van der Waals surface area contributed by atoms with Gasteiger partial charge in [0.05, 0.1) is 18.8 Å². The molecule has 0 N–H and O–H groups in total. The summed E-state index contributed by atoms with van der Waals surface area (Å²) in [4.78, 5) is 0. The third kappa shape index (κ3) is 4.41. The molecule has 1 heterocycles. The van der Waals surface area contributed by atoms with Crippen molar-refractivity contribution in [3.63, 3.8) is 0 Å². The van der Waals surface area contributed by atoms with Crippen molar-refractivity contribution in [3.8, 4) is 17.6 Å². The molecular formula is C15H16ClFO2. The van der Waals surface area contributed by atoms with Crippen molar-refractivity contribution in [2.24, 2.45) is 0 Å². The van der Waals surface area contributed by atoms with E-state index in [9.17, 15) is 4.39 Å². The van der Waals surface area contributed by atoms with E-state index in [4.69, 9.17) is 21.1 Å².